The molecule has 0 saturated heterocycles. The molecule has 1 aromatic heterocycles. The predicted octanol–water partition coefficient (Wildman–Crippen LogP) is 2.09. The van der Waals surface area contributed by atoms with Gasteiger partial charge in [-0.05, 0) is 18.1 Å². The Bertz CT molecular complexity index is 312. The van der Waals surface area contributed by atoms with Crippen LogP contribution in [0, 0.1) is 5.92 Å². The number of phosphoric ester groups is 1. The molecule has 0 aliphatic heterocycles. The van der Waals surface area contributed by atoms with Crippen molar-refractivity contribution < 1.29 is 23.3 Å². The topological polar surface area (TPSA) is 79.9 Å². The molecule has 6 heteroatoms. The number of phosphoric acid groups is 1. The van der Waals surface area contributed by atoms with Gasteiger partial charge < -0.3 is 14.2 Å². The third-order valence-corrected chi connectivity index (χ3v) is 2.18. The van der Waals surface area contributed by atoms with Gasteiger partial charge in [0, 0.05) is 0 Å². The molecule has 0 aliphatic carbocycles. The lowest BCUT2D eigenvalue weighted by Crippen LogP contribution is -2.08. The van der Waals surface area contributed by atoms with Crippen LogP contribution in [0.3, 0.4) is 0 Å². The van der Waals surface area contributed by atoms with E-state index < -0.39 is 13.9 Å². The Labute approximate surface area is 81.9 Å². The summed E-state index contributed by atoms with van der Waals surface area (Å²) in [5, 5.41) is 0. The van der Waals surface area contributed by atoms with E-state index in [9.17, 15) is 4.57 Å². The van der Waals surface area contributed by atoms with E-state index in [2.05, 4.69) is 4.52 Å². The smallest absolute Gasteiger partial charge is 0.467 e. The first-order chi connectivity index (χ1) is 6.40. The van der Waals surface area contributed by atoms with Crippen molar-refractivity contribution in [2.75, 3.05) is 0 Å². The quantitative estimate of drug-likeness (QED) is 0.759. The van der Waals surface area contributed by atoms with E-state index >= 15 is 0 Å². The van der Waals surface area contributed by atoms with Gasteiger partial charge in [0.05, 0.1) is 6.26 Å². The molecule has 0 aliphatic rings. The van der Waals surface area contributed by atoms with Gasteiger partial charge in [-0.15, -0.1) is 0 Å². The molecule has 1 aromatic rings. The van der Waals surface area contributed by atoms with Gasteiger partial charge in [0.15, 0.2) is 0 Å². The highest BCUT2D eigenvalue weighted by Gasteiger charge is 2.27. The molecule has 1 rings (SSSR count). The number of hydrogen-bond acceptors (Lipinski definition) is 3. The van der Waals surface area contributed by atoms with Crippen LogP contribution in [0.25, 0.3) is 0 Å². The number of furan rings is 1. The van der Waals surface area contributed by atoms with Crippen LogP contribution >= 0.6 is 7.82 Å². The van der Waals surface area contributed by atoms with Crippen LogP contribution in [0.1, 0.15) is 25.7 Å². The predicted molar refractivity (Wildman–Crippen MR) is 49.4 cm³/mol. The zero-order chi connectivity index (χ0) is 10.8. The van der Waals surface area contributed by atoms with Gasteiger partial charge in [-0.25, -0.2) is 4.57 Å². The number of hydrogen-bond donors (Lipinski definition) is 2. The number of rotatable bonds is 4. The molecule has 0 spiro atoms. The summed E-state index contributed by atoms with van der Waals surface area (Å²) in [5.41, 5.74) is 0. The van der Waals surface area contributed by atoms with E-state index in [1.54, 1.807) is 26.0 Å². The Balaban J connectivity index is 2.81. The SMILES string of the molecule is CC(C)C(OP(=O)(O)O)c1ccco1. The third kappa shape index (κ3) is 3.27. The molecule has 5 nitrogen and oxygen atoms in total. The summed E-state index contributed by atoms with van der Waals surface area (Å²) in [6, 6.07) is 3.27. The lowest BCUT2D eigenvalue weighted by molar-refractivity contribution is 0.0831. The van der Waals surface area contributed by atoms with Gasteiger partial charge in [0.1, 0.15) is 11.9 Å². The van der Waals surface area contributed by atoms with Crippen LogP contribution in [-0.4, -0.2) is 9.79 Å². The fraction of sp³-hybridized carbons (Fsp3) is 0.500. The molecular formula is C8H13O5P. The largest absolute Gasteiger partial charge is 0.470 e. The van der Waals surface area contributed by atoms with Gasteiger partial charge in [-0.3, -0.25) is 4.52 Å². The maximum Gasteiger partial charge on any atom is 0.470 e. The first-order valence-electron chi connectivity index (χ1n) is 4.17. The molecule has 2 N–H and O–H groups in total. The van der Waals surface area contributed by atoms with Crippen molar-refractivity contribution in [3.63, 3.8) is 0 Å². The molecule has 0 aromatic carbocycles. The van der Waals surface area contributed by atoms with Crippen LogP contribution in [0.4, 0.5) is 0 Å². The highest BCUT2D eigenvalue weighted by molar-refractivity contribution is 7.46. The normalized spacial score (nSPS) is 14.6. The minimum atomic E-state index is -4.48. The second kappa shape index (κ2) is 4.28. The zero-order valence-corrected chi connectivity index (χ0v) is 8.85. The average Bonchev–Trinajstić information content (AvgIpc) is 2.49. The Morgan fingerprint density at radius 1 is 1.50 bits per heavy atom. The highest BCUT2D eigenvalue weighted by Crippen LogP contribution is 2.44. The zero-order valence-electron chi connectivity index (χ0n) is 7.95. The maximum atomic E-state index is 10.7. The van der Waals surface area contributed by atoms with Crippen LogP contribution in [0.15, 0.2) is 22.8 Å². The molecule has 0 amide bonds. The van der Waals surface area contributed by atoms with Gasteiger partial charge in [-0.2, -0.15) is 0 Å². The average molecular weight is 220 g/mol. The molecule has 0 saturated carbocycles. The molecular weight excluding hydrogens is 207 g/mol. The van der Waals surface area contributed by atoms with Crippen LogP contribution in [-0.2, 0) is 9.09 Å². The van der Waals surface area contributed by atoms with Crippen LogP contribution in [0.5, 0.6) is 0 Å². The van der Waals surface area contributed by atoms with Crippen molar-refractivity contribution in [1.29, 1.82) is 0 Å². The van der Waals surface area contributed by atoms with E-state index in [4.69, 9.17) is 14.2 Å². The molecule has 1 heterocycles. The maximum absolute atomic E-state index is 10.7. The van der Waals surface area contributed by atoms with Crippen LogP contribution < -0.4 is 0 Å². The Morgan fingerprint density at radius 2 is 2.14 bits per heavy atom. The summed E-state index contributed by atoms with van der Waals surface area (Å²) in [4.78, 5) is 17.4. The fourth-order valence-corrected chi connectivity index (χ4v) is 1.75. The molecule has 0 radical (unpaired) electrons. The summed E-state index contributed by atoms with van der Waals surface area (Å²) in [6.45, 7) is 3.59. The van der Waals surface area contributed by atoms with E-state index in [1.165, 1.54) is 6.26 Å². The van der Waals surface area contributed by atoms with Gasteiger partial charge in [0.25, 0.3) is 0 Å². The summed E-state index contributed by atoms with van der Waals surface area (Å²) >= 11 is 0. The second-order valence-corrected chi connectivity index (χ2v) is 4.47. The molecule has 80 valence electrons. The van der Waals surface area contributed by atoms with Crippen molar-refractivity contribution in [3.05, 3.63) is 24.2 Å². The van der Waals surface area contributed by atoms with E-state index in [-0.39, 0.29) is 5.92 Å². The molecule has 14 heavy (non-hydrogen) atoms. The Morgan fingerprint density at radius 3 is 2.50 bits per heavy atom. The third-order valence-electron chi connectivity index (χ3n) is 1.68. The lowest BCUT2D eigenvalue weighted by Gasteiger charge is -2.19. The van der Waals surface area contributed by atoms with E-state index in [0.717, 1.165) is 0 Å². The molecule has 0 bridgehead atoms. The van der Waals surface area contributed by atoms with E-state index in [0.29, 0.717) is 5.76 Å². The summed E-state index contributed by atoms with van der Waals surface area (Å²) in [5.74, 6) is 0.345. The van der Waals surface area contributed by atoms with Crippen molar-refractivity contribution in [1.82, 2.24) is 0 Å². The minimum absolute atomic E-state index is 0.0752. The summed E-state index contributed by atoms with van der Waals surface area (Å²) in [7, 11) is -4.48. The first kappa shape index (κ1) is 11.5. The van der Waals surface area contributed by atoms with Crippen molar-refractivity contribution >= 4 is 7.82 Å². The van der Waals surface area contributed by atoms with Gasteiger partial charge >= 0.3 is 7.82 Å². The minimum Gasteiger partial charge on any atom is -0.467 e. The van der Waals surface area contributed by atoms with Crippen molar-refractivity contribution in [3.8, 4) is 0 Å². The lowest BCUT2D eigenvalue weighted by atomic mass is 10.1. The fourth-order valence-electron chi connectivity index (χ4n) is 1.10. The highest BCUT2D eigenvalue weighted by atomic mass is 31.2. The standard InChI is InChI=1S/C8H13O5P/c1-6(2)8(13-14(9,10)11)7-4-3-5-12-7/h3-6,8H,1-2H3,(H2,9,10,11). The monoisotopic (exact) mass is 220 g/mol. The Hall–Kier alpha value is -0.610. The van der Waals surface area contributed by atoms with Gasteiger partial charge in [-0.1, -0.05) is 13.8 Å². The molecule has 1 atom stereocenters. The Kier molecular flexibility index (Phi) is 3.50. The van der Waals surface area contributed by atoms with E-state index in [1.807, 2.05) is 0 Å². The molecule has 1 unspecified atom stereocenters. The van der Waals surface area contributed by atoms with Crippen molar-refractivity contribution in [2.24, 2.45) is 5.92 Å². The molecule has 0 fully saturated rings. The summed E-state index contributed by atoms with van der Waals surface area (Å²) < 4.78 is 20.3. The van der Waals surface area contributed by atoms with Crippen LogP contribution in [0.2, 0.25) is 0 Å². The first-order valence-corrected chi connectivity index (χ1v) is 5.70. The second-order valence-electron chi connectivity index (χ2n) is 3.28. The van der Waals surface area contributed by atoms with Crippen molar-refractivity contribution in [2.45, 2.75) is 20.0 Å². The van der Waals surface area contributed by atoms with Gasteiger partial charge in [0.2, 0.25) is 0 Å². The summed E-state index contributed by atoms with van der Waals surface area (Å²) in [6.07, 6.45) is 0.721.